The lowest BCUT2D eigenvalue weighted by atomic mass is 10.1. The zero-order valence-electron chi connectivity index (χ0n) is 11.9. The normalized spacial score (nSPS) is 24.4. The molecule has 1 aliphatic heterocycles. The van der Waals surface area contributed by atoms with E-state index in [4.69, 9.17) is 9.47 Å². The molecule has 0 aromatic heterocycles. The Morgan fingerprint density at radius 1 is 1.32 bits per heavy atom. The molecule has 0 saturated carbocycles. The molecule has 0 aliphatic carbocycles. The van der Waals surface area contributed by atoms with Crippen molar-refractivity contribution in [2.75, 3.05) is 19.7 Å². The molecule has 0 amide bonds. The highest BCUT2D eigenvalue weighted by molar-refractivity contribution is 5.45. The summed E-state index contributed by atoms with van der Waals surface area (Å²) in [6.07, 6.45) is 0.474. The number of ether oxygens (including phenoxy) is 2. The van der Waals surface area contributed by atoms with Crippen LogP contribution in [-0.4, -0.2) is 41.9 Å². The molecule has 0 spiro atoms. The molecule has 2 rings (SSSR count). The SMILES string of the molecule is CCOc1cccc(CN2CC(C)OC(C)C2)c1O. The molecule has 1 fully saturated rings. The van der Waals surface area contributed by atoms with Gasteiger partial charge < -0.3 is 14.6 Å². The summed E-state index contributed by atoms with van der Waals surface area (Å²) >= 11 is 0. The topological polar surface area (TPSA) is 41.9 Å². The summed E-state index contributed by atoms with van der Waals surface area (Å²) in [7, 11) is 0. The summed E-state index contributed by atoms with van der Waals surface area (Å²) in [5.41, 5.74) is 0.909. The van der Waals surface area contributed by atoms with Crippen molar-refractivity contribution in [1.29, 1.82) is 0 Å². The quantitative estimate of drug-likeness (QED) is 0.907. The average molecular weight is 265 g/mol. The van der Waals surface area contributed by atoms with Gasteiger partial charge in [0, 0.05) is 25.2 Å². The fourth-order valence-electron chi connectivity index (χ4n) is 2.62. The number of nitrogens with zero attached hydrogens (tertiary/aromatic N) is 1. The number of benzene rings is 1. The zero-order valence-corrected chi connectivity index (χ0v) is 11.9. The van der Waals surface area contributed by atoms with E-state index in [1.54, 1.807) is 6.07 Å². The van der Waals surface area contributed by atoms with Gasteiger partial charge in [0.15, 0.2) is 11.5 Å². The molecule has 106 valence electrons. The summed E-state index contributed by atoms with van der Waals surface area (Å²) in [5, 5.41) is 10.2. The molecule has 1 aromatic carbocycles. The van der Waals surface area contributed by atoms with Crippen LogP contribution < -0.4 is 4.74 Å². The van der Waals surface area contributed by atoms with Crippen LogP contribution in [0.25, 0.3) is 0 Å². The predicted molar refractivity (Wildman–Crippen MR) is 74.6 cm³/mol. The minimum atomic E-state index is 0.237. The second-order valence-corrected chi connectivity index (χ2v) is 5.15. The number of hydrogen-bond acceptors (Lipinski definition) is 4. The third kappa shape index (κ3) is 3.61. The van der Waals surface area contributed by atoms with Crippen LogP contribution in [-0.2, 0) is 11.3 Å². The number of phenols is 1. The maximum Gasteiger partial charge on any atom is 0.162 e. The zero-order chi connectivity index (χ0) is 13.8. The van der Waals surface area contributed by atoms with Gasteiger partial charge in [0.2, 0.25) is 0 Å². The lowest BCUT2D eigenvalue weighted by Gasteiger charge is -2.35. The van der Waals surface area contributed by atoms with E-state index in [9.17, 15) is 5.11 Å². The molecule has 0 bridgehead atoms. The standard InChI is InChI=1S/C15H23NO3/c1-4-18-14-7-5-6-13(15(14)17)10-16-8-11(2)19-12(3)9-16/h5-7,11-12,17H,4,8-10H2,1-3H3. The number of rotatable bonds is 4. The van der Waals surface area contributed by atoms with Gasteiger partial charge in [-0.15, -0.1) is 0 Å². The number of phenolic OH excluding ortho intramolecular Hbond substituents is 1. The molecule has 0 radical (unpaired) electrons. The van der Waals surface area contributed by atoms with Crippen molar-refractivity contribution in [1.82, 2.24) is 4.90 Å². The number of hydrogen-bond donors (Lipinski definition) is 1. The van der Waals surface area contributed by atoms with E-state index in [-0.39, 0.29) is 18.0 Å². The van der Waals surface area contributed by atoms with Crippen molar-refractivity contribution in [3.8, 4) is 11.5 Å². The molecule has 4 nitrogen and oxygen atoms in total. The molecule has 1 N–H and O–H groups in total. The van der Waals surface area contributed by atoms with Gasteiger partial charge >= 0.3 is 0 Å². The first-order chi connectivity index (χ1) is 9.10. The summed E-state index contributed by atoms with van der Waals surface area (Å²) in [4.78, 5) is 2.31. The molecule has 2 unspecified atom stereocenters. The van der Waals surface area contributed by atoms with Crippen molar-refractivity contribution in [2.24, 2.45) is 0 Å². The Bertz CT molecular complexity index is 412. The molecule has 1 heterocycles. The first-order valence-electron chi connectivity index (χ1n) is 6.91. The van der Waals surface area contributed by atoms with E-state index in [2.05, 4.69) is 18.7 Å². The monoisotopic (exact) mass is 265 g/mol. The van der Waals surface area contributed by atoms with Crippen LogP contribution in [0.2, 0.25) is 0 Å². The molecule has 1 aliphatic rings. The maximum absolute atomic E-state index is 10.2. The fourth-order valence-corrected chi connectivity index (χ4v) is 2.62. The molecule has 2 atom stereocenters. The Kier molecular flexibility index (Phi) is 4.66. The van der Waals surface area contributed by atoms with Gasteiger partial charge in [0.25, 0.3) is 0 Å². The number of morpholine rings is 1. The Balaban J connectivity index is 2.08. The summed E-state index contributed by atoms with van der Waals surface area (Å²) in [6, 6.07) is 5.67. The van der Waals surface area contributed by atoms with E-state index in [0.717, 1.165) is 25.2 Å². The van der Waals surface area contributed by atoms with E-state index in [1.807, 2.05) is 19.1 Å². The summed E-state index contributed by atoms with van der Waals surface area (Å²) in [5.74, 6) is 0.825. The number of aromatic hydroxyl groups is 1. The van der Waals surface area contributed by atoms with Crippen molar-refractivity contribution in [3.05, 3.63) is 23.8 Å². The lowest BCUT2D eigenvalue weighted by molar-refractivity contribution is -0.0706. The Morgan fingerprint density at radius 2 is 2.00 bits per heavy atom. The maximum atomic E-state index is 10.2. The van der Waals surface area contributed by atoms with Crippen LogP contribution in [0.5, 0.6) is 11.5 Å². The smallest absolute Gasteiger partial charge is 0.162 e. The fraction of sp³-hybridized carbons (Fsp3) is 0.600. The van der Waals surface area contributed by atoms with Crippen LogP contribution in [0.3, 0.4) is 0 Å². The van der Waals surface area contributed by atoms with E-state index in [0.29, 0.717) is 12.4 Å². The van der Waals surface area contributed by atoms with Gasteiger partial charge in [-0.1, -0.05) is 12.1 Å². The van der Waals surface area contributed by atoms with Gasteiger partial charge in [-0.25, -0.2) is 0 Å². The Hall–Kier alpha value is -1.26. The Morgan fingerprint density at radius 3 is 2.63 bits per heavy atom. The molecule has 1 aromatic rings. The molecular formula is C15H23NO3. The minimum Gasteiger partial charge on any atom is -0.504 e. The van der Waals surface area contributed by atoms with E-state index < -0.39 is 0 Å². The van der Waals surface area contributed by atoms with E-state index >= 15 is 0 Å². The van der Waals surface area contributed by atoms with Crippen LogP contribution in [0.1, 0.15) is 26.3 Å². The van der Waals surface area contributed by atoms with Crippen LogP contribution in [0.4, 0.5) is 0 Å². The van der Waals surface area contributed by atoms with Crippen molar-refractivity contribution < 1.29 is 14.6 Å². The second-order valence-electron chi connectivity index (χ2n) is 5.15. The predicted octanol–water partition coefficient (Wildman–Crippen LogP) is 2.40. The summed E-state index contributed by atoms with van der Waals surface area (Å²) < 4.78 is 11.1. The minimum absolute atomic E-state index is 0.237. The van der Waals surface area contributed by atoms with Gasteiger partial charge in [-0.05, 0) is 26.8 Å². The van der Waals surface area contributed by atoms with Crippen molar-refractivity contribution >= 4 is 0 Å². The van der Waals surface area contributed by atoms with Crippen molar-refractivity contribution in [3.63, 3.8) is 0 Å². The average Bonchev–Trinajstić information content (AvgIpc) is 2.33. The molecular weight excluding hydrogens is 242 g/mol. The van der Waals surface area contributed by atoms with Crippen LogP contribution in [0, 0.1) is 0 Å². The first kappa shape index (κ1) is 14.2. The molecule has 19 heavy (non-hydrogen) atoms. The largest absolute Gasteiger partial charge is 0.504 e. The van der Waals surface area contributed by atoms with Gasteiger partial charge in [0.1, 0.15) is 0 Å². The van der Waals surface area contributed by atoms with Gasteiger partial charge in [-0.3, -0.25) is 4.90 Å². The molecule has 1 saturated heterocycles. The first-order valence-corrected chi connectivity index (χ1v) is 6.91. The third-order valence-electron chi connectivity index (χ3n) is 3.27. The van der Waals surface area contributed by atoms with Gasteiger partial charge in [0.05, 0.1) is 18.8 Å². The summed E-state index contributed by atoms with van der Waals surface area (Å²) in [6.45, 7) is 9.15. The lowest BCUT2D eigenvalue weighted by Crippen LogP contribution is -2.44. The van der Waals surface area contributed by atoms with Crippen LogP contribution in [0.15, 0.2) is 18.2 Å². The van der Waals surface area contributed by atoms with E-state index in [1.165, 1.54) is 0 Å². The highest BCUT2D eigenvalue weighted by atomic mass is 16.5. The highest BCUT2D eigenvalue weighted by Crippen LogP contribution is 2.31. The second kappa shape index (κ2) is 6.26. The Labute approximate surface area is 114 Å². The van der Waals surface area contributed by atoms with Crippen molar-refractivity contribution in [2.45, 2.75) is 39.5 Å². The number of para-hydroxylation sites is 1. The van der Waals surface area contributed by atoms with Gasteiger partial charge in [-0.2, -0.15) is 0 Å². The highest BCUT2D eigenvalue weighted by Gasteiger charge is 2.23. The third-order valence-corrected chi connectivity index (χ3v) is 3.27. The van der Waals surface area contributed by atoms with Crippen LogP contribution >= 0.6 is 0 Å². The molecule has 4 heteroatoms.